The van der Waals surface area contributed by atoms with Crippen LogP contribution in [0.2, 0.25) is 0 Å². The van der Waals surface area contributed by atoms with Crippen LogP contribution in [-0.4, -0.2) is 15.6 Å². The number of rotatable bonds is 9. The molecule has 0 saturated carbocycles. The minimum Gasteiger partial charge on any atom is -0.457 e. The molecule has 0 amide bonds. The summed E-state index contributed by atoms with van der Waals surface area (Å²) in [4.78, 5) is 5.18. The molecule has 13 rings (SSSR count). The lowest BCUT2D eigenvalue weighted by Crippen LogP contribution is -2.33. The number of nitrogens with zero attached hydrogens (tertiary/aromatic N) is 4. The van der Waals surface area contributed by atoms with Crippen molar-refractivity contribution in [3.05, 3.63) is 240 Å². The number of hydrogen-bond acceptors (Lipinski definition) is 2. The molecule has 11 aromatic rings. The molecule has 1 aliphatic heterocycles. The van der Waals surface area contributed by atoms with Gasteiger partial charge in [0, 0.05) is 50.9 Å². The molecule has 9 aromatic carbocycles. The van der Waals surface area contributed by atoms with Gasteiger partial charge in [0.2, 0.25) is 11.4 Å². The molecule has 86 heavy (non-hydrogen) atoms. The predicted molar refractivity (Wildman–Crippen MR) is 364 cm³/mol. The fraction of sp³-hybridized carbons (Fsp3) is 0.259. The van der Waals surface area contributed by atoms with Crippen molar-refractivity contribution in [1.82, 2.24) is 18.7 Å². The Hall–Kier alpha value is -8.89. The van der Waals surface area contributed by atoms with Crippen LogP contribution in [-0.2, 0) is 27.1 Å². The third-order valence-corrected chi connectivity index (χ3v) is 18.3. The number of aryl methyl sites for hydroxylation is 1. The van der Waals surface area contributed by atoms with Crippen molar-refractivity contribution in [2.45, 2.75) is 137 Å². The summed E-state index contributed by atoms with van der Waals surface area (Å²) >= 11 is 0. The fourth-order valence-electron chi connectivity index (χ4n) is 12.9. The highest BCUT2D eigenvalue weighted by molar-refractivity contribution is 6.10. The third-order valence-electron chi connectivity index (χ3n) is 18.3. The highest BCUT2D eigenvalue weighted by Gasteiger charge is 2.41. The van der Waals surface area contributed by atoms with Crippen molar-refractivity contribution in [2.75, 3.05) is 0 Å². The summed E-state index contributed by atoms with van der Waals surface area (Å²) in [6.07, 6.45) is 3.93. The van der Waals surface area contributed by atoms with Gasteiger partial charge in [-0.3, -0.25) is 4.57 Å². The van der Waals surface area contributed by atoms with E-state index in [4.69, 9.17) is 13.8 Å². The van der Waals surface area contributed by atoms with Crippen LogP contribution in [0.3, 0.4) is 0 Å². The average Bonchev–Trinajstić information content (AvgIpc) is 1.71. The summed E-state index contributed by atoms with van der Waals surface area (Å²) in [6.45, 7) is 27.3. The molecule has 1 aliphatic carbocycles. The summed E-state index contributed by atoms with van der Waals surface area (Å²) < 4.78 is 40.5. The van der Waals surface area contributed by atoms with Gasteiger partial charge in [0.25, 0.3) is 11.4 Å². The predicted octanol–water partition coefficient (Wildman–Crippen LogP) is 22.0. The van der Waals surface area contributed by atoms with Gasteiger partial charge >= 0.3 is 6.01 Å². The number of para-hydroxylation sites is 2. The van der Waals surface area contributed by atoms with Gasteiger partial charge in [-0.15, -0.1) is 0 Å². The Morgan fingerprint density at radius 2 is 1.08 bits per heavy atom. The Balaban J connectivity index is 0.959. The first-order valence-electron chi connectivity index (χ1n) is 32.0. The average molecular weight is 1130 g/mol. The van der Waals surface area contributed by atoms with E-state index in [1.165, 1.54) is 38.9 Å². The van der Waals surface area contributed by atoms with E-state index >= 15 is 0 Å². The van der Waals surface area contributed by atoms with E-state index in [0.717, 1.165) is 85.2 Å². The Bertz CT molecular complexity index is 4710. The first-order chi connectivity index (χ1) is 42.1. The molecule has 0 radical (unpaired) electrons. The standard InChI is InChI=1S/C81H80N4O/c1-52-40-75(82-50-68(52)55-32-36-69-70(44-55)81(13,14)39-38-80(69,11)12)85-71-37-33-58(77(2,3)4)45-67(71)64-35-34-63(49-74(64)85)86-62-29-23-28-61(48-62)83-51-84(73-31-22-21-30-72(73)83)76-65(54-26-19-16-20-27-54)46-60(79(8,9)10)47-66(76)57-41-56(53-24-17-15-18-25-53)42-59(43-57)78(5,6)7/h15-37,40-50H,38-39H2,1-14H3/q+2/i1D3. The maximum atomic E-state index is 9.01. The first-order valence-corrected chi connectivity index (χ1v) is 30.5. The minimum atomic E-state index is -2.43. The zero-order valence-electron chi connectivity index (χ0n) is 55.2. The number of hydrogen-bond donors (Lipinski definition) is 0. The third kappa shape index (κ3) is 10.2. The highest BCUT2D eigenvalue weighted by Crippen LogP contribution is 2.50. The number of ether oxygens (including phenoxy) is 1. The molecule has 0 spiro atoms. The van der Waals surface area contributed by atoms with Crippen LogP contribution in [0.4, 0.5) is 22.7 Å². The number of fused-ring (bicyclic) bond motifs is 5. The van der Waals surface area contributed by atoms with E-state index in [2.05, 4.69) is 286 Å². The molecule has 0 bridgehead atoms. The molecule has 3 heterocycles. The second-order valence-corrected chi connectivity index (χ2v) is 28.4. The lowest BCUT2D eigenvalue weighted by atomic mass is 9.63. The molecule has 2 aliphatic rings. The quantitative estimate of drug-likeness (QED) is 0.135. The minimum absolute atomic E-state index is 0.0278. The smallest absolute Gasteiger partial charge is 0.457 e. The molecular weight excluding hydrogens is 1040 g/mol. The van der Waals surface area contributed by atoms with Crippen LogP contribution in [0.5, 0.6) is 11.5 Å². The van der Waals surface area contributed by atoms with Gasteiger partial charge in [0.05, 0.1) is 28.2 Å². The summed E-state index contributed by atoms with van der Waals surface area (Å²) in [6, 6.07) is 75.3. The van der Waals surface area contributed by atoms with Crippen LogP contribution in [0.1, 0.15) is 140 Å². The van der Waals surface area contributed by atoms with Gasteiger partial charge in [-0.05, 0) is 172 Å². The molecule has 5 nitrogen and oxygen atoms in total. The van der Waals surface area contributed by atoms with E-state index in [1.807, 2.05) is 18.2 Å². The van der Waals surface area contributed by atoms with E-state index in [1.54, 1.807) is 12.3 Å². The van der Waals surface area contributed by atoms with E-state index in [9.17, 15) is 0 Å². The first kappa shape index (κ1) is 52.6. The zero-order valence-corrected chi connectivity index (χ0v) is 52.2. The second-order valence-electron chi connectivity index (χ2n) is 28.4. The van der Waals surface area contributed by atoms with Gasteiger partial charge in [-0.1, -0.05) is 205 Å². The Kier molecular flexibility index (Phi) is 12.7. The van der Waals surface area contributed by atoms with Gasteiger partial charge in [0.15, 0.2) is 0 Å². The van der Waals surface area contributed by atoms with Gasteiger partial charge < -0.3 is 4.74 Å². The molecular formula is C81H80N4O+2. The summed E-state index contributed by atoms with van der Waals surface area (Å²) in [7, 11) is 0. The molecule has 0 unspecified atom stereocenters. The monoisotopic (exact) mass is 1130 g/mol. The van der Waals surface area contributed by atoms with E-state index in [0.29, 0.717) is 22.9 Å². The molecule has 0 fully saturated rings. The SMILES string of the molecule is [2H]C([2H])([2H])c1cc(-n2c3ccc(C(C)(C)C)cc3c3ccc(Oc4cccc([N+]5=C=[N+](c6c(-c7ccccc7)cc(C(C)(C)C)cc6-c6cc(-c7ccccc7)cc(C(C)(C)C)c6)c6ccccc65)c4)cc32)ncc1-c1ccc2c(c1)C(C)(C)CCC2(C)C. The van der Waals surface area contributed by atoms with Crippen molar-refractivity contribution in [2.24, 2.45) is 0 Å². The molecule has 0 N–H and O–H groups in total. The van der Waals surface area contributed by atoms with E-state index < -0.39 is 6.85 Å². The topological polar surface area (TPSA) is 33.1 Å². The zero-order chi connectivity index (χ0) is 62.7. The van der Waals surface area contributed by atoms with Crippen molar-refractivity contribution in [3.8, 4) is 61.8 Å². The van der Waals surface area contributed by atoms with Crippen LogP contribution < -0.4 is 13.9 Å². The molecule has 2 aromatic heterocycles. The maximum absolute atomic E-state index is 9.01. The second kappa shape index (κ2) is 20.7. The highest BCUT2D eigenvalue weighted by atomic mass is 16.5. The normalized spacial score (nSPS) is 15.3. The Labute approximate surface area is 513 Å². The maximum Gasteiger partial charge on any atom is 0.503 e. The van der Waals surface area contributed by atoms with Crippen LogP contribution in [0, 0.1) is 6.85 Å². The van der Waals surface area contributed by atoms with Gasteiger partial charge in [-0.2, -0.15) is 0 Å². The van der Waals surface area contributed by atoms with Crippen LogP contribution >= 0.6 is 0 Å². The van der Waals surface area contributed by atoms with Crippen molar-refractivity contribution >= 4 is 50.6 Å². The van der Waals surface area contributed by atoms with Crippen molar-refractivity contribution < 1.29 is 8.85 Å². The molecule has 0 saturated heterocycles. The lowest BCUT2D eigenvalue weighted by molar-refractivity contribution is 0.332. The van der Waals surface area contributed by atoms with Crippen LogP contribution in [0.25, 0.3) is 72.1 Å². The van der Waals surface area contributed by atoms with E-state index in [-0.39, 0.29) is 32.6 Å². The summed E-state index contributed by atoms with van der Waals surface area (Å²) in [5.74, 6) is 1.80. The lowest BCUT2D eigenvalue weighted by Gasteiger charge is -2.42. The molecule has 0 atom stereocenters. The van der Waals surface area contributed by atoms with Crippen molar-refractivity contribution in [3.63, 3.8) is 0 Å². The largest absolute Gasteiger partial charge is 0.503 e. The van der Waals surface area contributed by atoms with Gasteiger partial charge in [-0.25, -0.2) is 4.98 Å². The summed E-state index contributed by atoms with van der Waals surface area (Å²) in [5.41, 5.74) is 20.1. The molecule has 428 valence electrons. The van der Waals surface area contributed by atoms with Gasteiger partial charge in [0.1, 0.15) is 17.3 Å². The summed E-state index contributed by atoms with van der Waals surface area (Å²) in [5, 5.41) is 2.06. The number of benzene rings is 9. The fourth-order valence-corrected chi connectivity index (χ4v) is 12.9. The Morgan fingerprint density at radius 3 is 1.77 bits per heavy atom. The Morgan fingerprint density at radius 1 is 0.465 bits per heavy atom. The molecule has 5 heteroatoms. The van der Waals surface area contributed by atoms with Crippen LogP contribution in [0.15, 0.2) is 206 Å². The number of pyridine rings is 1. The number of aromatic nitrogens is 2. The van der Waals surface area contributed by atoms with Crippen molar-refractivity contribution in [1.29, 1.82) is 0 Å².